The Kier molecular flexibility index (Phi) is 4.61. The number of benzene rings is 1. The van der Waals surface area contributed by atoms with E-state index in [2.05, 4.69) is 4.72 Å². The maximum atomic E-state index is 11.8. The monoisotopic (exact) mass is 298 g/mol. The average Bonchev–Trinajstić information content (AvgIpc) is 2.79. The van der Waals surface area contributed by atoms with Crippen LogP contribution in [-0.2, 0) is 14.8 Å². The minimum atomic E-state index is -3.28. The Balaban J connectivity index is 1.93. The highest BCUT2D eigenvalue weighted by Gasteiger charge is 2.32. The number of anilines is 1. The van der Waals surface area contributed by atoms with Crippen LogP contribution in [0.15, 0.2) is 30.3 Å². The molecule has 1 amide bonds. The quantitative estimate of drug-likeness (QED) is 0.860. The molecular weight excluding hydrogens is 280 g/mol. The summed E-state index contributed by atoms with van der Waals surface area (Å²) in [5, 5.41) is 0. The minimum Gasteiger partial charge on any atom is -0.443 e. The molecule has 1 fully saturated rings. The van der Waals surface area contributed by atoms with Gasteiger partial charge < -0.3 is 4.74 Å². The lowest BCUT2D eigenvalue weighted by Crippen LogP contribution is -2.35. The molecule has 2 rings (SSSR count). The highest BCUT2D eigenvalue weighted by Crippen LogP contribution is 2.20. The average molecular weight is 298 g/mol. The summed E-state index contributed by atoms with van der Waals surface area (Å²) in [5.74, 6) is 0.0794. The summed E-state index contributed by atoms with van der Waals surface area (Å²) < 4.78 is 30.7. The van der Waals surface area contributed by atoms with Crippen LogP contribution in [-0.4, -0.2) is 39.5 Å². The molecule has 0 radical (unpaired) electrons. The van der Waals surface area contributed by atoms with E-state index < -0.39 is 22.2 Å². The Labute approximate surface area is 118 Å². The van der Waals surface area contributed by atoms with Crippen molar-refractivity contribution in [1.29, 1.82) is 0 Å². The second-order valence-electron chi connectivity index (χ2n) is 4.62. The number of amides is 1. The molecule has 7 heteroatoms. The van der Waals surface area contributed by atoms with Crippen LogP contribution >= 0.6 is 0 Å². The van der Waals surface area contributed by atoms with E-state index in [0.29, 0.717) is 13.0 Å². The summed E-state index contributed by atoms with van der Waals surface area (Å²) in [6.45, 7) is 2.25. The molecule has 1 aliphatic heterocycles. The molecule has 0 aromatic heterocycles. The number of hydrogen-bond acceptors (Lipinski definition) is 4. The van der Waals surface area contributed by atoms with Gasteiger partial charge in [0.15, 0.2) is 0 Å². The van der Waals surface area contributed by atoms with E-state index in [1.165, 1.54) is 4.90 Å². The van der Waals surface area contributed by atoms with Gasteiger partial charge in [0, 0.05) is 12.2 Å². The van der Waals surface area contributed by atoms with Gasteiger partial charge in [-0.25, -0.2) is 17.9 Å². The van der Waals surface area contributed by atoms with Crippen molar-refractivity contribution in [2.24, 2.45) is 0 Å². The second kappa shape index (κ2) is 6.23. The zero-order valence-corrected chi connectivity index (χ0v) is 12.1. The van der Waals surface area contributed by atoms with Crippen LogP contribution in [0.25, 0.3) is 0 Å². The van der Waals surface area contributed by atoms with Crippen LogP contribution in [0, 0.1) is 0 Å². The lowest BCUT2D eigenvalue weighted by molar-refractivity contribution is 0.143. The Hall–Kier alpha value is -1.60. The smallest absolute Gasteiger partial charge is 0.414 e. The maximum absolute atomic E-state index is 11.8. The van der Waals surface area contributed by atoms with E-state index in [1.54, 1.807) is 6.92 Å². The first-order valence-corrected chi connectivity index (χ1v) is 8.17. The molecule has 1 aliphatic rings. The fraction of sp³-hybridized carbons (Fsp3) is 0.462. The topological polar surface area (TPSA) is 75.7 Å². The van der Waals surface area contributed by atoms with Crippen LogP contribution in [0.4, 0.5) is 10.5 Å². The molecule has 1 aromatic carbocycles. The molecule has 1 heterocycles. The SMILES string of the molecule is CCCS(=O)(=O)NCC1CN(c2ccccc2)C(=O)O1. The molecule has 20 heavy (non-hydrogen) atoms. The van der Waals surface area contributed by atoms with Crippen molar-refractivity contribution in [3.63, 3.8) is 0 Å². The molecule has 1 unspecified atom stereocenters. The van der Waals surface area contributed by atoms with Crippen molar-refractivity contribution in [2.45, 2.75) is 19.4 Å². The first kappa shape index (κ1) is 14.8. The van der Waals surface area contributed by atoms with Crippen LogP contribution in [0.5, 0.6) is 0 Å². The molecule has 0 spiro atoms. The maximum Gasteiger partial charge on any atom is 0.414 e. The lowest BCUT2D eigenvalue weighted by Gasteiger charge is -2.12. The molecule has 1 N–H and O–H groups in total. The lowest BCUT2D eigenvalue weighted by atomic mass is 10.3. The molecule has 1 aromatic rings. The zero-order chi connectivity index (χ0) is 14.6. The third kappa shape index (κ3) is 3.71. The van der Waals surface area contributed by atoms with Gasteiger partial charge in [-0.15, -0.1) is 0 Å². The molecule has 0 bridgehead atoms. The minimum absolute atomic E-state index is 0.0794. The van der Waals surface area contributed by atoms with Crippen LogP contribution in [0.1, 0.15) is 13.3 Å². The van der Waals surface area contributed by atoms with Crippen molar-refractivity contribution in [3.05, 3.63) is 30.3 Å². The number of sulfonamides is 1. The predicted octanol–water partition coefficient (Wildman–Crippen LogP) is 1.34. The normalized spacial score (nSPS) is 19.1. The van der Waals surface area contributed by atoms with E-state index >= 15 is 0 Å². The third-order valence-electron chi connectivity index (χ3n) is 2.95. The number of carbonyl (C=O) groups excluding carboxylic acids is 1. The summed E-state index contributed by atoms with van der Waals surface area (Å²) >= 11 is 0. The highest BCUT2D eigenvalue weighted by molar-refractivity contribution is 7.89. The fourth-order valence-electron chi connectivity index (χ4n) is 2.01. The number of para-hydroxylation sites is 1. The van der Waals surface area contributed by atoms with Gasteiger partial charge in [0.05, 0.1) is 12.3 Å². The van der Waals surface area contributed by atoms with Gasteiger partial charge in [-0.3, -0.25) is 4.90 Å². The number of nitrogens with one attached hydrogen (secondary N) is 1. The van der Waals surface area contributed by atoms with Gasteiger partial charge in [-0.05, 0) is 18.6 Å². The van der Waals surface area contributed by atoms with Gasteiger partial charge in [0.25, 0.3) is 0 Å². The predicted molar refractivity (Wildman–Crippen MR) is 76.1 cm³/mol. The van der Waals surface area contributed by atoms with Crippen molar-refractivity contribution >= 4 is 21.8 Å². The molecule has 110 valence electrons. The van der Waals surface area contributed by atoms with E-state index in [9.17, 15) is 13.2 Å². The van der Waals surface area contributed by atoms with Crippen molar-refractivity contribution < 1.29 is 17.9 Å². The summed E-state index contributed by atoms with van der Waals surface area (Å²) in [6, 6.07) is 9.15. The Morgan fingerprint density at radius 3 is 2.70 bits per heavy atom. The van der Waals surface area contributed by atoms with E-state index in [1.807, 2.05) is 30.3 Å². The van der Waals surface area contributed by atoms with E-state index in [4.69, 9.17) is 4.74 Å². The first-order valence-electron chi connectivity index (χ1n) is 6.52. The van der Waals surface area contributed by atoms with E-state index in [0.717, 1.165) is 5.69 Å². The molecule has 0 aliphatic carbocycles. The fourth-order valence-corrected chi connectivity index (χ4v) is 3.13. The van der Waals surface area contributed by atoms with Gasteiger partial charge in [0.1, 0.15) is 6.10 Å². The summed E-state index contributed by atoms with van der Waals surface area (Å²) in [7, 11) is -3.28. The Morgan fingerprint density at radius 1 is 1.35 bits per heavy atom. The Bertz CT molecular complexity index is 559. The summed E-state index contributed by atoms with van der Waals surface area (Å²) in [5.41, 5.74) is 0.747. The van der Waals surface area contributed by atoms with Gasteiger partial charge in [-0.1, -0.05) is 25.1 Å². The number of rotatable bonds is 6. The highest BCUT2D eigenvalue weighted by atomic mass is 32.2. The zero-order valence-electron chi connectivity index (χ0n) is 11.3. The van der Waals surface area contributed by atoms with Gasteiger partial charge in [0.2, 0.25) is 10.0 Å². The standard InChI is InChI=1S/C13H18N2O4S/c1-2-8-20(17,18)14-9-12-10-15(13(16)19-12)11-6-4-3-5-7-11/h3-7,12,14H,2,8-10H2,1H3. The number of carbonyl (C=O) groups is 1. The summed E-state index contributed by atoms with van der Waals surface area (Å²) in [4.78, 5) is 13.3. The number of hydrogen-bond donors (Lipinski definition) is 1. The third-order valence-corrected chi connectivity index (χ3v) is 4.50. The molecule has 0 saturated carbocycles. The molecular formula is C13H18N2O4S. The number of cyclic esters (lactones) is 1. The van der Waals surface area contributed by atoms with Crippen LogP contribution in [0.3, 0.4) is 0 Å². The number of nitrogens with zero attached hydrogens (tertiary/aromatic N) is 1. The Morgan fingerprint density at radius 2 is 2.05 bits per heavy atom. The molecule has 6 nitrogen and oxygen atoms in total. The van der Waals surface area contributed by atoms with Crippen molar-refractivity contribution in [2.75, 3.05) is 23.7 Å². The number of ether oxygens (including phenoxy) is 1. The largest absolute Gasteiger partial charge is 0.443 e. The van der Waals surface area contributed by atoms with Crippen molar-refractivity contribution in [3.8, 4) is 0 Å². The van der Waals surface area contributed by atoms with Crippen molar-refractivity contribution in [1.82, 2.24) is 4.72 Å². The van der Waals surface area contributed by atoms with Gasteiger partial charge >= 0.3 is 6.09 Å². The molecule has 1 atom stereocenters. The first-order chi connectivity index (χ1) is 9.52. The summed E-state index contributed by atoms with van der Waals surface area (Å²) in [6.07, 6.45) is -0.360. The van der Waals surface area contributed by atoms with Crippen LogP contribution < -0.4 is 9.62 Å². The second-order valence-corrected chi connectivity index (χ2v) is 6.55. The molecule has 1 saturated heterocycles. The van der Waals surface area contributed by atoms with E-state index in [-0.39, 0.29) is 12.3 Å². The van der Waals surface area contributed by atoms with Crippen LogP contribution in [0.2, 0.25) is 0 Å². The van der Waals surface area contributed by atoms with Gasteiger partial charge in [-0.2, -0.15) is 0 Å².